The Labute approximate surface area is 195 Å². The van der Waals surface area contributed by atoms with Crippen LogP contribution in [0.25, 0.3) is 5.57 Å². The molecule has 2 amide bonds. The number of carbonyl (C=O) groups excluding carboxylic acids is 2. The summed E-state index contributed by atoms with van der Waals surface area (Å²) in [7, 11) is 0. The maximum absolute atomic E-state index is 12.6. The molecule has 1 aliphatic rings. The number of anilines is 3. The molecule has 1 aliphatic heterocycles. The molecule has 2 aromatic rings. The Morgan fingerprint density at radius 3 is 2.34 bits per heavy atom. The van der Waals surface area contributed by atoms with Crippen LogP contribution in [0.1, 0.15) is 32.3 Å². The molecule has 32 heavy (non-hydrogen) atoms. The Bertz CT molecular complexity index is 1080. The fraction of sp³-hybridized carbons (Fsp3) is 0.261. The lowest BCUT2D eigenvalue weighted by atomic mass is 9.92. The summed E-state index contributed by atoms with van der Waals surface area (Å²) in [4.78, 5) is 36.0. The third-order valence-electron chi connectivity index (χ3n) is 4.76. The zero-order valence-corrected chi connectivity index (χ0v) is 19.1. The average Bonchev–Trinajstić information content (AvgIpc) is 2.67. The van der Waals surface area contributed by atoms with Gasteiger partial charge in [-0.2, -0.15) is 0 Å². The van der Waals surface area contributed by atoms with Gasteiger partial charge in [0.2, 0.25) is 11.8 Å². The van der Waals surface area contributed by atoms with Crippen LogP contribution in [0.4, 0.5) is 17.1 Å². The van der Waals surface area contributed by atoms with Gasteiger partial charge in [-0.05, 0) is 47.9 Å². The number of carboxylic acid groups (broad SMARTS) is 1. The Hall–Kier alpha value is -3.03. The average molecular weight is 476 g/mol. The molecule has 0 radical (unpaired) electrons. The van der Waals surface area contributed by atoms with E-state index in [9.17, 15) is 19.5 Å². The fourth-order valence-corrected chi connectivity index (χ4v) is 4.03. The van der Waals surface area contributed by atoms with Gasteiger partial charge in [0.25, 0.3) is 0 Å². The van der Waals surface area contributed by atoms with Crippen LogP contribution >= 0.6 is 23.2 Å². The minimum atomic E-state index is -1.05. The predicted molar refractivity (Wildman–Crippen MR) is 127 cm³/mol. The number of halogens is 2. The van der Waals surface area contributed by atoms with Crippen LogP contribution in [0.5, 0.6) is 0 Å². The summed E-state index contributed by atoms with van der Waals surface area (Å²) in [6.07, 6.45) is 1.85. The molecular weight excluding hydrogens is 453 g/mol. The SMILES string of the molecule is CC(C)CC(=O)Nc1ccc(NC(=O)/C=C2\CC(C(=O)O)Nc3cc(Cl)cc(Cl)c32)cc1. The molecule has 7 nitrogen and oxygen atoms in total. The van der Waals surface area contributed by atoms with E-state index in [1.54, 1.807) is 36.4 Å². The highest BCUT2D eigenvalue weighted by Gasteiger charge is 2.29. The molecule has 168 valence electrons. The third kappa shape index (κ3) is 6.02. The molecule has 1 unspecified atom stereocenters. The van der Waals surface area contributed by atoms with E-state index in [0.29, 0.717) is 44.7 Å². The highest BCUT2D eigenvalue weighted by Crippen LogP contribution is 2.40. The first-order valence-electron chi connectivity index (χ1n) is 10.0. The van der Waals surface area contributed by atoms with Crippen molar-refractivity contribution in [3.63, 3.8) is 0 Å². The first-order chi connectivity index (χ1) is 15.1. The van der Waals surface area contributed by atoms with Crippen molar-refractivity contribution in [3.8, 4) is 0 Å². The van der Waals surface area contributed by atoms with Gasteiger partial charge in [0.05, 0.1) is 5.02 Å². The normalized spacial score (nSPS) is 16.3. The van der Waals surface area contributed by atoms with Gasteiger partial charge in [-0.3, -0.25) is 9.59 Å². The molecule has 0 spiro atoms. The van der Waals surface area contributed by atoms with Crippen molar-refractivity contribution in [3.05, 3.63) is 58.1 Å². The van der Waals surface area contributed by atoms with E-state index in [-0.39, 0.29) is 18.2 Å². The lowest BCUT2D eigenvalue weighted by molar-refractivity contribution is -0.137. The van der Waals surface area contributed by atoms with Crippen molar-refractivity contribution in [1.82, 2.24) is 0 Å². The molecule has 0 fully saturated rings. The topological polar surface area (TPSA) is 108 Å². The van der Waals surface area contributed by atoms with Gasteiger partial charge in [-0.1, -0.05) is 37.0 Å². The second-order valence-electron chi connectivity index (χ2n) is 7.93. The molecule has 0 saturated carbocycles. The van der Waals surface area contributed by atoms with Crippen LogP contribution < -0.4 is 16.0 Å². The molecule has 1 atom stereocenters. The molecule has 4 N–H and O–H groups in total. The van der Waals surface area contributed by atoms with Crippen LogP contribution in [0, 0.1) is 5.92 Å². The molecule has 0 saturated heterocycles. The van der Waals surface area contributed by atoms with E-state index in [0.717, 1.165) is 0 Å². The summed E-state index contributed by atoms with van der Waals surface area (Å²) in [6, 6.07) is 8.94. The van der Waals surface area contributed by atoms with Crippen LogP contribution in [-0.2, 0) is 14.4 Å². The van der Waals surface area contributed by atoms with E-state index in [2.05, 4.69) is 16.0 Å². The number of hydrogen-bond donors (Lipinski definition) is 4. The minimum absolute atomic E-state index is 0.0731. The van der Waals surface area contributed by atoms with Crippen molar-refractivity contribution in [2.24, 2.45) is 5.92 Å². The second kappa shape index (κ2) is 10.1. The monoisotopic (exact) mass is 475 g/mol. The number of nitrogens with one attached hydrogen (secondary N) is 3. The number of aliphatic carboxylic acids is 1. The van der Waals surface area contributed by atoms with E-state index >= 15 is 0 Å². The molecule has 3 rings (SSSR count). The molecular formula is C23H23Cl2N3O4. The van der Waals surface area contributed by atoms with Crippen LogP contribution in [0.2, 0.25) is 10.0 Å². The Morgan fingerprint density at radius 1 is 1.12 bits per heavy atom. The summed E-state index contributed by atoms with van der Waals surface area (Å²) >= 11 is 12.4. The maximum atomic E-state index is 12.6. The maximum Gasteiger partial charge on any atom is 0.326 e. The van der Waals surface area contributed by atoms with Crippen molar-refractivity contribution < 1.29 is 19.5 Å². The largest absolute Gasteiger partial charge is 0.480 e. The first kappa shape index (κ1) is 23.6. The van der Waals surface area contributed by atoms with E-state index < -0.39 is 17.9 Å². The third-order valence-corrected chi connectivity index (χ3v) is 5.28. The number of carboxylic acids is 1. The van der Waals surface area contributed by atoms with E-state index in [1.807, 2.05) is 13.8 Å². The first-order valence-corrected chi connectivity index (χ1v) is 10.8. The molecule has 0 aromatic heterocycles. The Balaban J connectivity index is 1.76. The molecule has 0 aliphatic carbocycles. The number of benzene rings is 2. The number of hydrogen-bond acceptors (Lipinski definition) is 4. The molecule has 0 bridgehead atoms. The van der Waals surface area contributed by atoms with E-state index in [1.165, 1.54) is 6.08 Å². The summed E-state index contributed by atoms with van der Waals surface area (Å²) in [5.41, 5.74) is 2.66. The van der Waals surface area contributed by atoms with Gasteiger partial charge in [0.15, 0.2) is 0 Å². The standard InChI is InChI=1S/C23H23Cl2N3O4/c1-12(2)7-20(29)26-15-3-5-16(6-4-15)27-21(30)9-13-8-19(23(31)32)28-18-11-14(24)10-17(25)22(13)18/h3-6,9-12,19,28H,7-8H2,1-2H3,(H,26,29)(H,27,30)(H,31,32)/b13-9+. The molecule has 2 aromatic carbocycles. The van der Waals surface area contributed by atoms with Gasteiger partial charge < -0.3 is 21.1 Å². The van der Waals surface area contributed by atoms with Crippen molar-refractivity contribution in [1.29, 1.82) is 0 Å². The summed E-state index contributed by atoms with van der Waals surface area (Å²) in [6.45, 7) is 3.93. The Kier molecular flexibility index (Phi) is 7.43. The smallest absolute Gasteiger partial charge is 0.326 e. The van der Waals surface area contributed by atoms with Gasteiger partial charge in [-0.15, -0.1) is 0 Å². The highest BCUT2D eigenvalue weighted by molar-refractivity contribution is 6.36. The summed E-state index contributed by atoms with van der Waals surface area (Å²) in [5.74, 6) is -1.30. The number of fused-ring (bicyclic) bond motifs is 1. The molecule has 9 heteroatoms. The summed E-state index contributed by atoms with van der Waals surface area (Å²) in [5, 5.41) is 18.6. The lowest BCUT2D eigenvalue weighted by Gasteiger charge is -2.27. The van der Waals surface area contributed by atoms with Crippen molar-refractivity contribution in [2.75, 3.05) is 16.0 Å². The zero-order chi connectivity index (χ0) is 23.4. The van der Waals surface area contributed by atoms with Gasteiger partial charge in [0.1, 0.15) is 6.04 Å². The van der Waals surface area contributed by atoms with Crippen LogP contribution in [0.15, 0.2) is 42.5 Å². The van der Waals surface area contributed by atoms with Crippen LogP contribution in [-0.4, -0.2) is 28.9 Å². The summed E-state index contributed by atoms with van der Waals surface area (Å²) < 4.78 is 0. The van der Waals surface area contributed by atoms with Crippen molar-refractivity contribution >= 4 is 63.6 Å². The number of amides is 2. The number of carbonyl (C=O) groups is 3. The van der Waals surface area contributed by atoms with Crippen molar-refractivity contribution in [2.45, 2.75) is 32.7 Å². The van der Waals surface area contributed by atoms with Gasteiger partial charge in [0, 0.05) is 46.6 Å². The number of rotatable bonds is 6. The predicted octanol–water partition coefficient (Wildman–Crippen LogP) is 5.27. The van der Waals surface area contributed by atoms with Gasteiger partial charge >= 0.3 is 5.97 Å². The van der Waals surface area contributed by atoms with Crippen LogP contribution in [0.3, 0.4) is 0 Å². The lowest BCUT2D eigenvalue weighted by Crippen LogP contribution is -2.33. The Morgan fingerprint density at radius 2 is 1.75 bits per heavy atom. The second-order valence-corrected chi connectivity index (χ2v) is 8.78. The van der Waals surface area contributed by atoms with Gasteiger partial charge in [-0.25, -0.2) is 4.79 Å². The quantitative estimate of drug-likeness (QED) is 0.425. The molecule has 1 heterocycles. The fourth-order valence-electron chi connectivity index (χ4n) is 3.41. The minimum Gasteiger partial charge on any atom is -0.480 e. The van der Waals surface area contributed by atoms with E-state index in [4.69, 9.17) is 23.2 Å². The highest BCUT2D eigenvalue weighted by atomic mass is 35.5. The zero-order valence-electron chi connectivity index (χ0n) is 17.5.